The number of carbonyl (C=O) groups is 1. The molecular formula is C27H26N4O4. The first-order valence-corrected chi connectivity index (χ1v) is 10.9. The van der Waals surface area contributed by atoms with Crippen molar-refractivity contribution in [3.05, 3.63) is 89.6 Å². The third-order valence-corrected chi connectivity index (χ3v) is 5.35. The van der Waals surface area contributed by atoms with Gasteiger partial charge in [-0.15, -0.1) is 0 Å². The summed E-state index contributed by atoms with van der Waals surface area (Å²) >= 11 is 0. The Bertz CT molecular complexity index is 1340. The molecule has 0 bridgehead atoms. The molecule has 8 heteroatoms. The summed E-state index contributed by atoms with van der Waals surface area (Å²) in [5.74, 6) is 0.748. The summed E-state index contributed by atoms with van der Waals surface area (Å²) in [5.41, 5.74) is 7.39. The van der Waals surface area contributed by atoms with E-state index < -0.39 is 5.91 Å². The van der Waals surface area contributed by atoms with Gasteiger partial charge in [0, 0.05) is 22.9 Å². The van der Waals surface area contributed by atoms with Gasteiger partial charge in [-0.25, -0.2) is 10.1 Å². The van der Waals surface area contributed by atoms with Crippen LogP contribution in [-0.4, -0.2) is 43.2 Å². The van der Waals surface area contributed by atoms with Crippen molar-refractivity contribution in [3.8, 4) is 34.2 Å². The number of hydrogen-bond acceptors (Lipinski definition) is 6. The SMILES string of the molecule is COc1cc(C(=O)N/N=C/c2cn(-c3ccccc3)nc2-c2cccc(C)c2)cc(OC)c1OC. The van der Waals surface area contributed by atoms with Crippen molar-refractivity contribution in [3.63, 3.8) is 0 Å². The minimum absolute atomic E-state index is 0.315. The van der Waals surface area contributed by atoms with E-state index in [0.717, 1.165) is 28.1 Å². The highest BCUT2D eigenvalue weighted by molar-refractivity contribution is 5.97. The van der Waals surface area contributed by atoms with E-state index in [1.54, 1.807) is 23.0 Å². The number of hydrogen-bond donors (Lipinski definition) is 1. The van der Waals surface area contributed by atoms with Crippen LogP contribution < -0.4 is 19.6 Å². The van der Waals surface area contributed by atoms with E-state index in [0.29, 0.717) is 22.8 Å². The van der Waals surface area contributed by atoms with Crippen molar-refractivity contribution in [2.24, 2.45) is 5.10 Å². The third-order valence-electron chi connectivity index (χ3n) is 5.35. The fraction of sp³-hybridized carbons (Fsp3) is 0.148. The van der Waals surface area contributed by atoms with Gasteiger partial charge in [0.2, 0.25) is 5.75 Å². The van der Waals surface area contributed by atoms with Crippen LogP contribution in [0.5, 0.6) is 17.2 Å². The Balaban J connectivity index is 1.63. The third kappa shape index (κ3) is 5.16. The van der Waals surface area contributed by atoms with Crippen molar-refractivity contribution in [2.75, 3.05) is 21.3 Å². The zero-order chi connectivity index (χ0) is 24.8. The number of nitrogens with one attached hydrogen (secondary N) is 1. The summed E-state index contributed by atoms with van der Waals surface area (Å²) in [6.45, 7) is 2.03. The molecular weight excluding hydrogens is 444 g/mol. The number of rotatable bonds is 8. The van der Waals surface area contributed by atoms with Crippen LogP contribution in [-0.2, 0) is 0 Å². The van der Waals surface area contributed by atoms with E-state index in [-0.39, 0.29) is 0 Å². The standard InChI is InChI=1S/C27H26N4O4/c1-18-9-8-10-19(13-18)25-21(17-31(30-25)22-11-6-5-7-12-22)16-28-29-27(32)20-14-23(33-2)26(35-4)24(15-20)34-3/h5-17H,1-4H3,(H,29,32)/b28-16+. The number of hydrazone groups is 1. The van der Waals surface area contributed by atoms with Crippen LogP contribution >= 0.6 is 0 Å². The summed E-state index contributed by atoms with van der Waals surface area (Å²) in [4.78, 5) is 12.8. The second-order valence-corrected chi connectivity index (χ2v) is 7.70. The Morgan fingerprint density at radius 1 is 0.943 bits per heavy atom. The number of methoxy groups -OCH3 is 3. The lowest BCUT2D eigenvalue weighted by Crippen LogP contribution is -2.18. The molecule has 0 saturated carbocycles. The topological polar surface area (TPSA) is 87.0 Å². The molecule has 0 unspecified atom stereocenters. The minimum atomic E-state index is -0.423. The van der Waals surface area contributed by atoms with Gasteiger partial charge in [-0.3, -0.25) is 4.79 Å². The molecule has 35 heavy (non-hydrogen) atoms. The molecule has 1 amide bonds. The number of nitrogens with zero attached hydrogens (tertiary/aromatic N) is 3. The number of amides is 1. The molecule has 0 radical (unpaired) electrons. The van der Waals surface area contributed by atoms with Gasteiger partial charge >= 0.3 is 0 Å². The molecule has 1 N–H and O–H groups in total. The van der Waals surface area contributed by atoms with E-state index >= 15 is 0 Å². The Hall–Kier alpha value is -4.59. The van der Waals surface area contributed by atoms with Gasteiger partial charge in [-0.05, 0) is 37.3 Å². The molecule has 4 rings (SSSR count). The molecule has 0 aliphatic carbocycles. The number of para-hydroxylation sites is 1. The van der Waals surface area contributed by atoms with Crippen molar-refractivity contribution >= 4 is 12.1 Å². The summed E-state index contributed by atoms with van der Waals surface area (Å²) in [7, 11) is 4.49. The van der Waals surface area contributed by atoms with E-state index in [2.05, 4.69) is 16.6 Å². The van der Waals surface area contributed by atoms with Gasteiger partial charge in [0.1, 0.15) is 5.69 Å². The lowest BCUT2D eigenvalue weighted by molar-refractivity contribution is 0.0954. The van der Waals surface area contributed by atoms with Crippen LogP contribution in [0, 0.1) is 6.92 Å². The Morgan fingerprint density at radius 2 is 1.66 bits per heavy atom. The van der Waals surface area contributed by atoms with Crippen LogP contribution in [0.3, 0.4) is 0 Å². The highest BCUT2D eigenvalue weighted by atomic mass is 16.5. The van der Waals surface area contributed by atoms with Gasteiger partial charge in [-0.2, -0.15) is 10.2 Å². The van der Waals surface area contributed by atoms with E-state index in [1.807, 2.05) is 61.7 Å². The lowest BCUT2D eigenvalue weighted by Gasteiger charge is -2.13. The zero-order valence-electron chi connectivity index (χ0n) is 20.0. The molecule has 1 heterocycles. The fourth-order valence-electron chi connectivity index (χ4n) is 3.65. The van der Waals surface area contributed by atoms with Gasteiger partial charge < -0.3 is 14.2 Å². The molecule has 8 nitrogen and oxygen atoms in total. The number of carbonyl (C=O) groups excluding carboxylic acids is 1. The smallest absolute Gasteiger partial charge is 0.271 e. The van der Waals surface area contributed by atoms with E-state index in [4.69, 9.17) is 19.3 Å². The zero-order valence-corrected chi connectivity index (χ0v) is 20.0. The maximum Gasteiger partial charge on any atom is 0.271 e. The molecule has 0 aliphatic rings. The second kappa shape index (κ2) is 10.6. The van der Waals surface area contributed by atoms with Crippen LogP contribution in [0.1, 0.15) is 21.5 Å². The monoisotopic (exact) mass is 470 g/mol. The van der Waals surface area contributed by atoms with E-state index in [1.165, 1.54) is 21.3 Å². The molecule has 178 valence electrons. The molecule has 3 aromatic carbocycles. The molecule has 0 saturated heterocycles. The lowest BCUT2D eigenvalue weighted by atomic mass is 10.1. The Labute approximate surface area is 203 Å². The predicted molar refractivity (Wildman–Crippen MR) is 135 cm³/mol. The van der Waals surface area contributed by atoms with E-state index in [9.17, 15) is 4.79 Å². The van der Waals surface area contributed by atoms with Crippen LogP contribution in [0.15, 0.2) is 78.0 Å². The van der Waals surface area contributed by atoms with Gasteiger partial charge in [0.05, 0.1) is 33.2 Å². The maximum absolute atomic E-state index is 12.8. The first kappa shape index (κ1) is 23.6. The number of aromatic nitrogens is 2. The maximum atomic E-state index is 12.8. The Kier molecular flexibility index (Phi) is 7.11. The highest BCUT2D eigenvalue weighted by Gasteiger charge is 2.17. The van der Waals surface area contributed by atoms with Crippen molar-refractivity contribution in [2.45, 2.75) is 6.92 Å². The molecule has 0 aliphatic heterocycles. The summed E-state index contributed by atoms with van der Waals surface area (Å²) in [6, 6.07) is 21.0. The molecule has 0 fully saturated rings. The molecule has 0 atom stereocenters. The van der Waals surface area contributed by atoms with Gasteiger partial charge in [0.15, 0.2) is 11.5 Å². The minimum Gasteiger partial charge on any atom is -0.493 e. The molecule has 4 aromatic rings. The van der Waals surface area contributed by atoms with Crippen LogP contribution in [0.25, 0.3) is 16.9 Å². The first-order valence-electron chi connectivity index (χ1n) is 10.9. The quantitative estimate of drug-likeness (QED) is 0.300. The fourth-order valence-corrected chi connectivity index (χ4v) is 3.65. The summed E-state index contributed by atoms with van der Waals surface area (Å²) in [5, 5.41) is 8.97. The molecule has 1 aromatic heterocycles. The van der Waals surface area contributed by atoms with Gasteiger partial charge in [0.25, 0.3) is 5.91 Å². The second-order valence-electron chi connectivity index (χ2n) is 7.70. The van der Waals surface area contributed by atoms with Crippen molar-refractivity contribution < 1.29 is 19.0 Å². The summed E-state index contributed by atoms with van der Waals surface area (Å²) < 4.78 is 17.8. The predicted octanol–water partition coefficient (Wildman–Crippen LogP) is 4.64. The largest absolute Gasteiger partial charge is 0.493 e. The van der Waals surface area contributed by atoms with Gasteiger partial charge in [-0.1, -0.05) is 42.0 Å². The van der Waals surface area contributed by atoms with Crippen molar-refractivity contribution in [1.82, 2.24) is 15.2 Å². The average Bonchev–Trinajstić information content (AvgIpc) is 3.32. The van der Waals surface area contributed by atoms with Crippen molar-refractivity contribution in [1.29, 1.82) is 0 Å². The summed E-state index contributed by atoms with van der Waals surface area (Å²) in [6.07, 6.45) is 3.46. The average molecular weight is 471 g/mol. The number of aryl methyl sites for hydroxylation is 1. The van der Waals surface area contributed by atoms with Crippen LogP contribution in [0.4, 0.5) is 0 Å². The van der Waals surface area contributed by atoms with Crippen LogP contribution in [0.2, 0.25) is 0 Å². The molecule has 0 spiro atoms. The Morgan fingerprint density at radius 3 is 2.29 bits per heavy atom. The highest BCUT2D eigenvalue weighted by Crippen LogP contribution is 2.38. The first-order chi connectivity index (χ1) is 17.0. The number of ether oxygens (including phenoxy) is 3. The number of benzene rings is 3. The normalized spacial score (nSPS) is 10.9.